The Morgan fingerprint density at radius 2 is 2.00 bits per heavy atom. The molecule has 2 fully saturated rings. The van der Waals surface area contributed by atoms with Gasteiger partial charge >= 0.3 is 0 Å². The van der Waals surface area contributed by atoms with Crippen molar-refractivity contribution in [2.24, 2.45) is 0 Å². The topological polar surface area (TPSA) is 62.2 Å². The number of carbonyl (C=O) groups is 1. The molecule has 3 heterocycles. The summed E-state index contributed by atoms with van der Waals surface area (Å²) in [7, 11) is 0. The predicted molar refractivity (Wildman–Crippen MR) is 106 cm³/mol. The van der Waals surface area contributed by atoms with E-state index in [0.29, 0.717) is 11.7 Å². The molecule has 0 spiro atoms. The van der Waals surface area contributed by atoms with E-state index in [1.807, 2.05) is 35.1 Å². The van der Waals surface area contributed by atoms with Gasteiger partial charge in [0, 0.05) is 19.3 Å². The Hall–Kier alpha value is -2.18. The Kier molecular flexibility index (Phi) is 5.84. The number of benzene rings is 1. The van der Waals surface area contributed by atoms with E-state index in [9.17, 15) is 4.79 Å². The van der Waals surface area contributed by atoms with E-state index in [1.165, 1.54) is 12.8 Å². The Morgan fingerprint density at radius 3 is 2.74 bits per heavy atom. The summed E-state index contributed by atoms with van der Waals surface area (Å²) in [5.41, 5.74) is 1.65. The molecule has 2 aromatic rings. The number of amides is 1. The van der Waals surface area contributed by atoms with Gasteiger partial charge in [0.2, 0.25) is 0 Å². The summed E-state index contributed by atoms with van der Waals surface area (Å²) in [5.74, 6) is -0.0921. The molecule has 2 aliphatic rings. The average Bonchev–Trinajstić information content (AvgIpc) is 3.41. The first-order valence-electron chi connectivity index (χ1n) is 10.1. The zero-order valence-corrected chi connectivity index (χ0v) is 15.8. The Bertz CT molecular complexity index is 732. The highest BCUT2D eigenvalue weighted by atomic mass is 16.2. The van der Waals surface area contributed by atoms with E-state index in [1.54, 1.807) is 0 Å². The van der Waals surface area contributed by atoms with Crippen molar-refractivity contribution in [2.45, 2.75) is 37.8 Å². The van der Waals surface area contributed by atoms with Crippen molar-refractivity contribution in [1.29, 1.82) is 0 Å². The lowest BCUT2D eigenvalue weighted by molar-refractivity contribution is 0.0920. The van der Waals surface area contributed by atoms with Gasteiger partial charge in [0.15, 0.2) is 0 Å². The number of piperidine rings is 1. The zero-order valence-electron chi connectivity index (χ0n) is 15.8. The summed E-state index contributed by atoms with van der Waals surface area (Å²) >= 11 is 0. The first kappa shape index (κ1) is 18.2. The Labute approximate surface area is 160 Å². The smallest absolute Gasteiger partial charge is 0.272 e. The van der Waals surface area contributed by atoms with Crippen LogP contribution < -0.4 is 10.6 Å². The van der Waals surface area contributed by atoms with Crippen LogP contribution in [0, 0.1) is 0 Å². The number of hydrogen-bond donors (Lipinski definition) is 2. The summed E-state index contributed by atoms with van der Waals surface area (Å²) in [4.78, 5) is 15.3. The molecule has 2 N–H and O–H groups in total. The van der Waals surface area contributed by atoms with Crippen LogP contribution in [0.1, 0.15) is 53.8 Å². The number of carbonyl (C=O) groups excluding carboxylic acids is 1. The normalized spacial score (nSPS) is 21.9. The van der Waals surface area contributed by atoms with E-state index < -0.39 is 0 Å². The molecule has 144 valence electrons. The van der Waals surface area contributed by atoms with Gasteiger partial charge in [-0.25, -0.2) is 0 Å². The minimum Gasteiger partial charge on any atom is -0.343 e. The maximum atomic E-state index is 12.9. The van der Waals surface area contributed by atoms with Gasteiger partial charge in [0.1, 0.15) is 5.69 Å². The fourth-order valence-electron chi connectivity index (χ4n) is 4.10. The second-order valence-corrected chi connectivity index (χ2v) is 7.63. The van der Waals surface area contributed by atoms with Crippen LogP contribution in [0.4, 0.5) is 0 Å². The van der Waals surface area contributed by atoms with Crippen LogP contribution in [-0.2, 0) is 0 Å². The molecule has 0 radical (unpaired) electrons. The van der Waals surface area contributed by atoms with Gasteiger partial charge in [-0.05, 0) is 56.9 Å². The number of nitrogens with zero attached hydrogens (tertiary/aromatic N) is 3. The molecular formula is C21H29N5O. The SMILES string of the molecule is O=C(NC(CN1CCCC1)c1ccccc1)c1ccn(C2CCCNC2)n1. The average molecular weight is 367 g/mol. The lowest BCUT2D eigenvalue weighted by atomic mass is 10.1. The lowest BCUT2D eigenvalue weighted by Gasteiger charge is -2.25. The van der Waals surface area contributed by atoms with Crippen LogP contribution in [-0.4, -0.2) is 53.3 Å². The quantitative estimate of drug-likeness (QED) is 0.823. The summed E-state index contributed by atoms with van der Waals surface area (Å²) < 4.78 is 1.94. The lowest BCUT2D eigenvalue weighted by Crippen LogP contribution is -2.37. The highest BCUT2D eigenvalue weighted by Crippen LogP contribution is 2.19. The molecule has 27 heavy (non-hydrogen) atoms. The number of likely N-dealkylation sites (tertiary alicyclic amines) is 1. The molecule has 2 atom stereocenters. The predicted octanol–water partition coefficient (Wildman–Crippen LogP) is 2.37. The molecule has 6 heteroatoms. The summed E-state index contributed by atoms with van der Waals surface area (Å²) in [6, 6.07) is 12.4. The van der Waals surface area contributed by atoms with E-state index in [2.05, 4.69) is 32.8 Å². The molecule has 1 aromatic carbocycles. The van der Waals surface area contributed by atoms with Crippen molar-refractivity contribution in [3.8, 4) is 0 Å². The molecular weight excluding hydrogens is 338 g/mol. The Balaban J connectivity index is 1.45. The Morgan fingerprint density at radius 1 is 1.19 bits per heavy atom. The van der Waals surface area contributed by atoms with Crippen LogP contribution in [0.2, 0.25) is 0 Å². The number of nitrogens with one attached hydrogen (secondary N) is 2. The molecule has 0 aliphatic carbocycles. The van der Waals surface area contributed by atoms with Gasteiger partial charge in [-0.3, -0.25) is 9.48 Å². The molecule has 6 nitrogen and oxygen atoms in total. The summed E-state index contributed by atoms with van der Waals surface area (Å²) in [5, 5.41) is 11.2. The van der Waals surface area contributed by atoms with Gasteiger partial charge in [-0.1, -0.05) is 30.3 Å². The molecule has 2 aliphatic heterocycles. The minimum atomic E-state index is -0.0921. The van der Waals surface area contributed by atoms with Crippen molar-refractivity contribution in [3.63, 3.8) is 0 Å². The third-order valence-corrected chi connectivity index (χ3v) is 5.63. The van der Waals surface area contributed by atoms with Crippen molar-refractivity contribution in [1.82, 2.24) is 25.3 Å². The van der Waals surface area contributed by atoms with E-state index >= 15 is 0 Å². The molecule has 0 saturated carbocycles. The number of rotatable bonds is 6. The molecule has 2 saturated heterocycles. The van der Waals surface area contributed by atoms with Gasteiger partial charge in [0.25, 0.3) is 5.91 Å². The molecule has 2 unspecified atom stereocenters. The molecule has 0 bridgehead atoms. The van der Waals surface area contributed by atoms with E-state index in [-0.39, 0.29) is 11.9 Å². The first-order chi connectivity index (χ1) is 13.3. The van der Waals surface area contributed by atoms with Crippen molar-refractivity contribution in [3.05, 3.63) is 53.9 Å². The van der Waals surface area contributed by atoms with Crippen molar-refractivity contribution < 1.29 is 4.79 Å². The molecule has 1 amide bonds. The number of hydrogen-bond acceptors (Lipinski definition) is 4. The van der Waals surface area contributed by atoms with E-state index in [0.717, 1.165) is 51.1 Å². The van der Waals surface area contributed by atoms with Gasteiger partial charge in [0.05, 0.1) is 12.1 Å². The van der Waals surface area contributed by atoms with E-state index in [4.69, 9.17) is 0 Å². The van der Waals surface area contributed by atoms with Crippen LogP contribution in [0.3, 0.4) is 0 Å². The third-order valence-electron chi connectivity index (χ3n) is 5.63. The fraction of sp³-hybridized carbons (Fsp3) is 0.524. The van der Waals surface area contributed by atoms with Crippen LogP contribution >= 0.6 is 0 Å². The standard InChI is InChI=1S/C21H29N5O/c27-21(19-10-14-26(24-19)18-9-6-11-22-15-18)23-20(16-25-12-4-5-13-25)17-7-2-1-3-8-17/h1-3,7-8,10,14,18,20,22H,4-6,9,11-13,15-16H2,(H,23,27). The molecule has 1 aromatic heterocycles. The second kappa shape index (κ2) is 8.67. The minimum absolute atomic E-state index is 0.0155. The van der Waals surface area contributed by atoms with Crippen LogP contribution in [0.5, 0.6) is 0 Å². The summed E-state index contributed by atoms with van der Waals surface area (Å²) in [6.45, 7) is 5.07. The molecule has 4 rings (SSSR count). The van der Waals surface area contributed by atoms with Crippen molar-refractivity contribution in [2.75, 3.05) is 32.7 Å². The fourth-order valence-corrected chi connectivity index (χ4v) is 4.10. The highest BCUT2D eigenvalue weighted by molar-refractivity contribution is 5.92. The van der Waals surface area contributed by atoms with Gasteiger partial charge in [-0.2, -0.15) is 5.10 Å². The van der Waals surface area contributed by atoms with Gasteiger partial charge < -0.3 is 15.5 Å². The first-order valence-corrected chi connectivity index (χ1v) is 10.1. The maximum absolute atomic E-state index is 12.9. The largest absolute Gasteiger partial charge is 0.343 e. The second-order valence-electron chi connectivity index (χ2n) is 7.63. The highest BCUT2D eigenvalue weighted by Gasteiger charge is 2.23. The zero-order chi connectivity index (χ0) is 18.5. The number of aromatic nitrogens is 2. The third kappa shape index (κ3) is 4.57. The van der Waals surface area contributed by atoms with Crippen molar-refractivity contribution >= 4 is 5.91 Å². The van der Waals surface area contributed by atoms with Crippen LogP contribution in [0.25, 0.3) is 0 Å². The van der Waals surface area contributed by atoms with Crippen LogP contribution in [0.15, 0.2) is 42.6 Å². The van der Waals surface area contributed by atoms with Gasteiger partial charge in [-0.15, -0.1) is 0 Å². The monoisotopic (exact) mass is 367 g/mol. The maximum Gasteiger partial charge on any atom is 0.272 e. The summed E-state index contributed by atoms with van der Waals surface area (Å²) in [6.07, 6.45) is 6.68.